The molecule has 4 unspecified atom stereocenters. The van der Waals surface area contributed by atoms with Crippen LogP contribution >= 0.6 is 11.8 Å². The maximum absolute atomic E-state index is 12.8. The van der Waals surface area contributed by atoms with E-state index in [0.29, 0.717) is 51.7 Å². The summed E-state index contributed by atoms with van der Waals surface area (Å²) in [6.07, 6.45) is -0.533. The van der Waals surface area contributed by atoms with Crippen LogP contribution in [0.3, 0.4) is 0 Å². The van der Waals surface area contributed by atoms with E-state index in [1.54, 1.807) is 0 Å². The number of benzene rings is 2. The van der Waals surface area contributed by atoms with Gasteiger partial charge < -0.3 is 44.9 Å². The van der Waals surface area contributed by atoms with Crippen LogP contribution < -0.4 is 30.0 Å². The summed E-state index contributed by atoms with van der Waals surface area (Å²) in [7, 11) is 1.52. The number of phenols is 1. The summed E-state index contributed by atoms with van der Waals surface area (Å²) in [5.41, 5.74) is 10.6. The van der Waals surface area contributed by atoms with Crippen LogP contribution in [0.2, 0.25) is 0 Å². The Hall–Kier alpha value is -3.23. The molecule has 0 spiro atoms. The summed E-state index contributed by atoms with van der Waals surface area (Å²) in [4.78, 5) is 27.2. The maximum Gasteiger partial charge on any atom is 0.323 e. The molecule has 2 aromatic rings. The van der Waals surface area contributed by atoms with Gasteiger partial charge in [0, 0.05) is 41.0 Å². The molecule has 2 aromatic carbocycles. The average Bonchev–Trinajstić information content (AvgIpc) is 3.44. The zero-order chi connectivity index (χ0) is 29.6. The van der Waals surface area contributed by atoms with Gasteiger partial charge in [-0.1, -0.05) is 6.07 Å². The van der Waals surface area contributed by atoms with Gasteiger partial charge in [-0.15, -0.1) is 11.8 Å². The summed E-state index contributed by atoms with van der Waals surface area (Å²) in [6.45, 7) is 4.88. The molecule has 5 aliphatic rings. The third kappa shape index (κ3) is 3.83. The van der Waals surface area contributed by atoms with Crippen molar-refractivity contribution in [3.05, 3.63) is 39.4 Å². The maximum atomic E-state index is 12.8. The Morgan fingerprint density at radius 2 is 1.93 bits per heavy atom. The smallest absolute Gasteiger partial charge is 0.323 e. The van der Waals surface area contributed by atoms with Gasteiger partial charge >= 0.3 is 11.9 Å². The van der Waals surface area contributed by atoms with E-state index in [4.69, 9.17) is 29.4 Å². The van der Waals surface area contributed by atoms with E-state index in [0.717, 1.165) is 11.1 Å². The molecule has 2 fully saturated rings. The number of carbonyl (C=O) groups is 2. The molecule has 13 heteroatoms. The van der Waals surface area contributed by atoms with Crippen LogP contribution in [-0.4, -0.2) is 77.7 Å². The molecule has 0 aromatic heterocycles. The molecule has 5 N–H and O–H groups in total. The number of aromatic hydroxyl groups is 1. The Labute approximate surface area is 246 Å². The number of ether oxygens (including phenoxy) is 5. The Balaban J connectivity index is 1.52. The SMILES string of the molecule is COc1c(C)cc2c(c1O)C1NC(C2)[C@H](O)N2C1[C@@H]1SCC(N)C(=O)OC[C@H]2c2c3c(c(C)c(OC(C)=O)c21)OCO3. The lowest BCUT2D eigenvalue weighted by atomic mass is 9.74. The fraction of sp³-hybridized carbons (Fsp3) is 0.517. The second-order valence-electron chi connectivity index (χ2n) is 11.4. The summed E-state index contributed by atoms with van der Waals surface area (Å²) in [5.74, 6) is 0.872. The van der Waals surface area contributed by atoms with E-state index >= 15 is 0 Å². The van der Waals surface area contributed by atoms with Crippen molar-refractivity contribution in [2.75, 3.05) is 26.3 Å². The highest BCUT2D eigenvalue weighted by Crippen LogP contribution is 2.62. The topological polar surface area (TPSA) is 162 Å². The molecule has 5 aliphatic heterocycles. The van der Waals surface area contributed by atoms with E-state index in [9.17, 15) is 19.8 Å². The number of rotatable bonds is 2. The molecule has 0 saturated carbocycles. The summed E-state index contributed by atoms with van der Waals surface area (Å²) in [5, 5.41) is 26.6. The molecular formula is C29H33N3O9S. The standard InChI is InChI=1S/C29H33N3O9S/c1-10-5-13-6-15-28(35)32-16-7-38-29(36)14(30)8-42-27(21(32)20(31-15)17(13)22(34)23(10)37-4)19-18(16)26-25(39-9-40-26)11(2)24(19)41-12(3)33/h5,14-16,20-21,27-28,31,34-35H,6-9,30H2,1-4H3/t14?,15?,16-,20?,21?,27+,28-/m0/s1. The van der Waals surface area contributed by atoms with Crippen LogP contribution in [-0.2, 0) is 20.7 Å². The van der Waals surface area contributed by atoms with Gasteiger partial charge in [-0.05, 0) is 31.4 Å². The highest BCUT2D eigenvalue weighted by molar-refractivity contribution is 7.99. The average molecular weight is 600 g/mol. The van der Waals surface area contributed by atoms with Gasteiger partial charge in [0.05, 0.1) is 30.5 Å². The van der Waals surface area contributed by atoms with Gasteiger partial charge in [0.2, 0.25) is 6.79 Å². The van der Waals surface area contributed by atoms with Gasteiger partial charge in [0.25, 0.3) is 0 Å². The number of hydrogen-bond donors (Lipinski definition) is 4. The van der Waals surface area contributed by atoms with Crippen molar-refractivity contribution in [2.45, 2.75) is 68.9 Å². The molecule has 0 aliphatic carbocycles. The highest BCUT2D eigenvalue weighted by atomic mass is 32.2. The highest BCUT2D eigenvalue weighted by Gasteiger charge is 2.58. The Morgan fingerprint density at radius 1 is 1.17 bits per heavy atom. The van der Waals surface area contributed by atoms with E-state index in [1.807, 2.05) is 24.8 Å². The number of hydrogen-bond acceptors (Lipinski definition) is 13. The number of thioether (sulfide) groups is 1. The van der Waals surface area contributed by atoms with Crippen molar-refractivity contribution in [3.8, 4) is 28.7 Å². The number of methoxy groups -OCH3 is 1. The van der Waals surface area contributed by atoms with Gasteiger partial charge in [-0.2, -0.15) is 0 Å². The van der Waals surface area contributed by atoms with Crippen molar-refractivity contribution >= 4 is 23.7 Å². The molecule has 224 valence electrons. The van der Waals surface area contributed by atoms with Crippen LogP contribution in [0.1, 0.15) is 57.6 Å². The first-order chi connectivity index (χ1) is 20.1. The third-order valence-electron chi connectivity index (χ3n) is 9.01. The van der Waals surface area contributed by atoms with E-state index in [-0.39, 0.29) is 30.9 Å². The molecule has 2 saturated heterocycles. The molecule has 4 bridgehead atoms. The minimum absolute atomic E-state index is 0.0273. The fourth-order valence-electron chi connectivity index (χ4n) is 7.40. The lowest BCUT2D eigenvalue weighted by Gasteiger charge is -2.59. The monoisotopic (exact) mass is 599 g/mol. The molecule has 0 radical (unpaired) electrons. The first-order valence-electron chi connectivity index (χ1n) is 13.9. The number of nitrogens with two attached hydrogens (primary N) is 1. The van der Waals surface area contributed by atoms with Gasteiger partial charge in [-0.3, -0.25) is 14.5 Å². The van der Waals surface area contributed by atoms with Crippen LogP contribution in [0.25, 0.3) is 0 Å². The number of nitrogens with one attached hydrogen (secondary N) is 1. The quantitative estimate of drug-likeness (QED) is 0.291. The van der Waals surface area contributed by atoms with Crippen LogP contribution in [0.5, 0.6) is 28.7 Å². The lowest BCUT2D eigenvalue weighted by Crippen LogP contribution is -2.69. The minimum Gasteiger partial charge on any atom is -0.504 e. The van der Waals surface area contributed by atoms with Crippen LogP contribution in [0.4, 0.5) is 0 Å². The lowest BCUT2D eigenvalue weighted by molar-refractivity contribution is -0.159. The Kier molecular flexibility index (Phi) is 6.51. The van der Waals surface area contributed by atoms with Crippen molar-refractivity contribution in [2.24, 2.45) is 5.73 Å². The molecule has 42 heavy (non-hydrogen) atoms. The molecule has 5 heterocycles. The van der Waals surface area contributed by atoms with Crippen LogP contribution in [0.15, 0.2) is 6.07 Å². The molecule has 12 nitrogen and oxygen atoms in total. The molecular weight excluding hydrogens is 566 g/mol. The molecule has 0 amide bonds. The van der Waals surface area contributed by atoms with Gasteiger partial charge in [0.1, 0.15) is 24.6 Å². The van der Waals surface area contributed by atoms with Crippen molar-refractivity contribution in [3.63, 3.8) is 0 Å². The minimum atomic E-state index is -0.992. The van der Waals surface area contributed by atoms with E-state index in [1.165, 1.54) is 25.8 Å². The number of carbonyl (C=O) groups excluding carboxylic acids is 2. The molecule has 7 atom stereocenters. The number of aliphatic hydroxyl groups excluding tert-OH is 1. The predicted octanol–water partition coefficient (Wildman–Crippen LogP) is 1.64. The number of nitrogens with zero attached hydrogens (tertiary/aromatic N) is 1. The number of aryl methyl sites for hydroxylation is 1. The fourth-order valence-corrected chi connectivity index (χ4v) is 8.85. The van der Waals surface area contributed by atoms with E-state index in [2.05, 4.69) is 5.32 Å². The summed E-state index contributed by atoms with van der Waals surface area (Å²) < 4.78 is 29.1. The third-order valence-corrected chi connectivity index (χ3v) is 10.4. The largest absolute Gasteiger partial charge is 0.504 e. The number of cyclic esters (lactones) is 1. The van der Waals surface area contributed by atoms with E-state index < -0.39 is 47.6 Å². The molecule has 7 rings (SSSR count). The number of esters is 2. The predicted molar refractivity (Wildman–Crippen MR) is 150 cm³/mol. The second-order valence-corrected chi connectivity index (χ2v) is 12.6. The first kappa shape index (κ1) is 27.6. The zero-order valence-electron chi connectivity index (χ0n) is 23.6. The van der Waals surface area contributed by atoms with Crippen molar-refractivity contribution in [1.29, 1.82) is 0 Å². The van der Waals surface area contributed by atoms with Gasteiger partial charge in [0.15, 0.2) is 23.0 Å². The second kappa shape index (κ2) is 9.91. The van der Waals surface area contributed by atoms with Crippen molar-refractivity contribution < 1.29 is 43.5 Å². The first-order valence-corrected chi connectivity index (χ1v) is 15.0. The Morgan fingerprint density at radius 3 is 2.67 bits per heavy atom. The zero-order valence-corrected chi connectivity index (χ0v) is 24.4. The summed E-state index contributed by atoms with van der Waals surface area (Å²) >= 11 is 1.41. The van der Waals surface area contributed by atoms with Gasteiger partial charge in [-0.25, -0.2) is 0 Å². The summed E-state index contributed by atoms with van der Waals surface area (Å²) in [6, 6.07) is -0.922. The normalized spacial score (nSPS) is 31.0. The number of aliphatic hydroxyl groups is 1. The van der Waals surface area contributed by atoms with Crippen LogP contribution in [0, 0.1) is 13.8 Å². The number of piperazine rings is 1. The van der Waals surface area contributed by atoms with Crippen molar-refractivity contribution in [1.82, 2.24) is 10.2 Å². The number of fused-ring (bicyclic) bond motifs is 9. The Bertz CT molecular complexity index is 1520. The number of phenolic OH excluding ortho intramolecular Hbond substituents is 1.